The zero-order valence-corrected chi connectivity index (χ0v) is 9.63. The Hall–Kier alpha value is 0.730. The molecule has 1 aliphatic rings. The summed E-state index contributed by atoms with van der Waals surface area (Å²) in [5.41, 5.74) is 0. The summed E-state index contributed by atoms with van der Waals surface area (Å²) in [5.74, 6) is 0. The Morgan fingerprint density at radius 1 is 0.846 bits per heavy atom. The van der Waals surface area contributed by atoms with Crippen LogP contribution < -0.4 is 0 Å². The van der Waals surface area contributed by atoms with Gasteiger partial charge in [-0.15, -0.1) is 0 Å². The van der Waals surface area contributed by atoms with Crippen molar-refractivity contribution < 1.29 is 19.4 Å². The highest BCUT2D eigenvalue weighted by molar-refractivity contribution is 14.1. The Morgan fingerprint density at radius 3 is 1.54 bits per heavy atom. The first-order valence-corrected chi connectivity index (χ1v) is 7.12. The van der Waals surface area contributed by atoms with Crippen LogP contribution in [0.4, 0.5) is 19.4 Å². The summed E-state index contributed by atoms with van der Waals surface area (Å²) >= 11 is 2.01. The van der Waals surface area contributed by atoms with E-state index < -0.39 is 28.3 Å². The second kappa shape index (κ2) is 2.65. The van der Waals surface area contributed by atoms with Gasteiger partial charge in [-0.3, -0.25) is 0 Å². The molecule has 13 heavy (non-hydrogen) atoms. The van der Waals surface area contributed by atoms with Gasteiger partial charge in [-0.1, -0.05) is 42.0 Å². The molecule has 1 rings (SSSR count). The maximum absolute atomic E-state index is 12.2. The minimum atomic E-state index is -9.18. The molecule has 1 aliphatic carbocycles. The molecule has 0 saturated heterocycles. The number of hydrogen-bond donors (Lipinski definition) is 0. The first-order chi connectivity index (χ1) is 5.49. The van der Waals surface area contributed by atoms with Gasteiger partial charge in [0.15, 0.2) is 0 Å². The quantitative estimate of drug-likeness (QED) is 0.358. The van der Waals surface area contributed by atoms with Gasteiger partial charge in [-0.05, 0) is 25.7 Å². The van der Waals surface area contributed by atoms with E-state index in [1.807, 2.05) is 22.6 Å². The number of hydrogen-bond acceptors (Lipinski definition) is 0. The third kappa shape index (κ3) is 3.41. The molecule has 0 spiro atoms. The van der Waals surface area contributed by atoms with Crippen LogP contribution in [0.25, 0.3) is 0 Å². The maximum atomic E-state index is 12.2. The van der Waals surface area contributed by atoms with Crippen LogP contribution in [0.5, 0.6) is 0 Å². The number of alkyl halides is 1. The van der Waals surface area contributed by atoms with Crippen LogP contribution >= 0.6 is 32.8 Å². The average Bonchev–Trinajstić information content (AvgIpc) is 1.82. The summed E-state index contributed by atoms with van der Waals surface area (Å²) in [7, 11) is -9.18. The van der Waals surface area contributed by atoms with E-state index in [2.05, 4.69) is 0 Å². The van der Waals surface area contributed by atoms with Crippen LogP contribution in [-0.4, -0.2) is 9.17 Å². The summed E-state index contributed by atoms with van der Waals surface area (Å²) < 4.78 is 61.2. The van der Waals surface area contributed by atoms with Crippen molar-refractivity contribution in [2.24, 2.45) is 0 Å². The lowest BCUT2D eigenvalue weighted by Crippen LogP contribution is -2.30. The molecule has 0 aromatic heterocycles. The molecule has 0 N–H and O–H groups in total. The van der Waals surface area contributed by atoms with Crippen molar-refractivity contribution >= 4 is 32.8 Å². The van der Waals surface area contributed by atoms with Gasteiger partial charge in [0.1, 0.15) is 0 Å². The Balaban J connectivity index is 2.76. The molecule has 82 valence electrons. The Bertz CT molecular complexity index is 200. The van der Waals surface area contributed by atoms with E-state index in [4.69, 9.17) is 0 Å². The standard InChI is InChI=1S/C6H10F5IS/c7-13(8,9,10,11)6-3-1-5(12)2-4-6/h5-6H,1-4H2. The van der Waals surface area contributed by atoms with Crippen molar-refractivity contribution in [3.63, 3.8) is 0 Å². The topological polar surface area (TPSA) is 0 Å². The molecule has 1 fully saturated rings. The van der Waals surface area contributed by atoms with Crippen molar-refractivity contribution in [1.82, 2.24) is 0 Å². The van der Waals surface area contributed by atoms with Crippen molar-refractivity contribution in [3.05, 3.63) is 0 Å². The molecule has 7 heteroatoms. The molecule has 0 aliphatic heterocycles. The Morgan fingerprint density at radius 2 is 1.23 bits per heavy atom. The molecule has 0 aromatic carbocycles. The van der Waals surface area contributed by atoms with Gasteiger partial charge in [0.2, 0.25) is 0 Å². The van der Waals surface area contributed by atoms with Crippen LogP contribution in [0.2, 0.25) is 0 Å². The lowest BCUT2D eigenvalue weighted by Gasteiger charge is -2.49. The van der Waals surface area contributed by atoms with Crippen LogP contribution in [0.15, 0.2) is 0 Å². The Kier molecular flexibility index (Phi) is 2.40. The highest BCUT2D eigenvalue weighted by Gasteiger charge is 2.69. The maximum Gasteiger partial charge on any atom is 0.288 e. The van der Waals surface area contributed by atoms with E-state index in [9.17, 15) is 19.4 Å². The molecular formula is C6H10F5IS. The van der Waals surface area contributed by atoms with Gasteiger partial charge in [0.05, 0.1) is 5.25 Å². The average molecular weight is 336 g/mol. The predicted octanol–water partition coefficient (Wildman–Crippen LogP) is 5.03. The number of rotatable bonds is 1. The summed E-state index contributed by atoms with van der Waals surface area (Å²) in [6.45, 7) is 0. The van der Waals surface area contributed by atoms with Gasteiger partial charge < -0.3 is 0 Å². The Labute approximate surface area is 87.1 Å². The summed E-state index contributed by atoms with van der Waals surface area (Å²) in [4.78, 5) is 0. The van der Waals surface area contributed by atoms with E-state index in [0.717, 1.165) is 0 Å². The van der Waals surface area contributed by atoms with Gasteiger partial charge in [0.25, 0.3) is 10.2 Å². The molecule has 0 heterocycles. The van der Waals surface area contributed by atoms with Crippen molar-refractivity contribution in [2.45, 2.75) is 34.9 Å². The molecular weight excluding hydrogens is 326 g/mol. The third-order valence-corrected chi connectivity index (χ3v) is 5.21. The zero-order chi connectivity index (χ0) is 10.4. The van der Waals surface area contributed by atoms with Crippen LogP contribution in [0, 0.1) is 0 Å². The molecule has 0 aromatic rings. The molecule has 0 radical (unpaired) electrons. The molecule has 0 bridgehead atoms. The normalized spacial score (nSPS) is 36.5. The van der Waals surface area contributed by atoms with Gasteiger partial charge in [-0.2, -0.15) is 0 Å². The van der Waals surface area contributed by atoms with Crippen molar-refractivity contribution in [1.29, 1.82) is 0 Å². The second-order valence-corrected chi connectivity index (χ2v) is 7.89. The monoisotopic (exact) mass is 336 g/mol. The smallest absolute Gasteiger partial charge is 0.0975 e. The minimum Gasteiger partial charge on any atom is -0.0975 e. The number of halogens is 6. The third-order valence-electron chi connectivity index (χ3n) is 2.23. The molecule has 0 atom stereocenters. The molecule has 1 saturated carbocycles. The minimum absolute atomic E-state index is 0.119. The van der Waals surface area contributed by atoms with E-state index in [1.165, 1.54) is 0 Å². The summed E-state index contributed by atoms with van der Waals surface area (Å²) in [6, 6.07) is 0. The SMILES string of the molecule is FS(F)(F)(F)(F)C1CCC(I)CC1. The van der Waals surface area contributed by atoms with Crippen LogP contribution in [-0.2, 0) is 0 Å². The first kappa shape index (κ1) is 11.8. The van der Waals surface area contributed by atoms with Crippen LogP contribution in [0.3, 0.4) is 0 Å². The highest BCUT2D eigenvalue weighted by atomic mass is 127. The van der Waals surface area contributed by atoms with Crippen molar-refractivity contribution in [3.8, 4) is 0 Å². The van der Waals surface area contributed by atoms with Crippen molar-refractivity contribution in [2.75, 3.05) is 0 Å². The fourth-order valence-corrected chi connectivity index (χ4v) is 3.35. The van der Waals surface area contributed by atoms with E-state index >= 15 is 0 Å². The zero-order valence-electron chi connectivity index (χ0n) is 6.66. The lowest BCUT2D eigenvalue weighted by atomic mass is 10.0. The molecule has 0 nitrogen and oxygen atoms in total. The lowest BCUT2D eigenvalue weighted by molar-refractivity contribution is 0.318. The fourth-order valence-electron chi connectivity index (χ4n) is 1.47. The van der Waals surface area contributed by atoms with E-state index in [1.54, 1.807) is 0 Å². The summed E-state index contributed by atoms with van der Waals surface area (Å²) in [6.07, 6.45) is -0.328. The fraction of sp³-hybridized carbons (Fsp3) is 1.00. The predicted molar refractivity (Wildman–Crippen MR) is 53.2 cm³/mol. The largest absolute Gasteiger partial charge is 0.288 e. The summed E-state index contributed by atoms with van der Waals surface area (Å²) in [5, 5.41) is -2.34. The van der Waals surface area contributed by atoms with Gasteiger partial charge in [0, 0.05) is 3.92 Å². The second-order valence-electron chi connectivity index (χ2n) is 3.40. The van der Waals surface area contributed by atoms with Gasteiger partial charge in [-0.25, -0.2) is 0 Å². The molecule has 0 unspecified atom stereocenters. The highest BCUT2D eigenvalue weighted by Crippen LogP contribution is 3.01. The van der Waals surface area contributed by atoms with E-state index in [0.29, 0.717) is 0 Å². The van der Waals surface area contributed by atoms with Crippen LogP contribution in [0.1, 0.15) is 25.7 Å². The van der Waals surface area contributed by atoms with Gasteiger partial charge >= 0.3 is 0 Å². The first-order valence-electron chi connectivity index (χ1n) is 3.86. The molecule has 0 amide bonds. The van der Waals surface area contributed by atoms with E-state index in [-0.39, 0.29) is 16.8 Å².